The van der Waals surface area contributed by atoms with Crippen LogP contribution in [0.2, 0.25) is 0 Å². The van der Waals surface area contributed by atoms with E-state index in [0.717, 1.165) is 0 Å². The summed E-state index contributed by atoms with van der Waals surface area (Å²) in [7, 11) is -1.21. The fourth-order valence-corrected chi connectivity index (χ4v) is 3.71. The van der Waals surface area contributed by atoms with Crippen molar-refractivity contribution >= 4 is 30.4 Å². The van der Waals surface area contributed by atoms with Crippen LogP contribution in [-0.2, 0) is 13.8 Å². The van der Waals surface area contributed by atoms with Crippen molar-refractivity contribution in [2.45, 2.75) is 70.8 Å². The summed E-state index contributed by atoms with van der Waals surface area (Å²) in [5, 5.41) is 11.5. The number of hydrogen-bond acceptors (Lipinski definition) is 5. The highest BCUT2D eigenvalue weighted by molar-refractivity contribution is 9.10. The Morgan fingerprint density at radius 2 is 1.79 bits per heavy atom. The number of rotatable bonds is 12. The monoisotopic (exact) mass is 423 g/mol. The van der Waals surface area contributed by atoms with Gasteiger partial charge in [-0.25, -0.2) is 4.67 Å². The molecule has 0 aliphatic rings. The molecule has 0 saturated carbocycles. The van der Waals surface area contributed by atoms with Crippen molar-refractivity contribution in [3.8, 4) is 6.07 Å². The fraction of sp³-hybridized carbons (Fsp3) is 0.875. The minimum absolute atomic E-state index is 0.0407. The zero-order chi connectivity index (χ0) is 18.8. The van der Waals surface area contributed by atoms with Crippen molar-refractivity contribution < 1.29 is 13.8 Å². The summed E-state index contributed by atoms with van der Waals surface area (Å²) in [5.74, 6) is -0.0407. The van der Waals surface area contributed by atoms with Gasteiger partial charge in [0.1, 0.15) is 0 Å². The average Bonchev–Trinajstić information content (AvgIpc) is 2.44. The smallest absolute Gasteiger partial charge is 0.259 e. The van der Waals surface area contributed by atoms with Gasteiger partial charge in [0.2, 0.25) is 5.91 Å². The molecule has 0 saturated heterocycles. The summed E-state index contributed by atoms with van der Waals surface area (Å²) in [4.78, 5) is 11.8. The van der Waals surface area contributed by atoms with Crippen LogP contribution < -0.4 is 5.32 Å². The topological polar surface area (TPSA) is 74.6 Å². The fourth-order valence-electron chi connectivity index (χ4n) is 1.94. The van der Waals surface area contributed by atoms with Gasteiger partial charge in [-0.05, 0) is 48.0 Å². The largest absolute Gasteiger partial charge is 0.355 e. The van der Waals surface area contributed by atoms with Gasteiger partial charge < -0.3 is 14.4 Å². The van der Waals surface area contributed by atoms with Gasteiger partial charge in [-0.3, -0.25) is 4.79 Å². The normalized spacial score (nSPS) is 13.4. The van der Waals surface area contributed by atoms with Crippen molar-refractivity contribution in [1.82, 2.24) is 9.99 Å². The predicted octanol–water partition coefficient (Wildman–Crippen LogP) is 3.96. The molecule has 0 bridgehead atoms. The molecule has 0 aromatic carbocycles. The lowest BCUT2D eigenvalue weighted by molar-refractivity contribution is -0.122. The molecule has 0 aromatic heterocycles. The number of carbonyl (C=O) groups is 1. The first-order valence-electron chi connectivity index (χ1n) is 8.29. The van der Waals surface area contributed by atoms with E-state index in [1.165, 1.54) is 0 Å². The van der Waals surface area contributed by atoms with Crippen LogP contribution in [0.1, 0.15) is 54.4 Å². The molecule has 6 nitrogen and oxygen atoms in total. The quantitative estimate of drug-likeness (QED) is 0.292. The van der Waals surface area contributed by atoms with Crippen LogP contribution in [-0.4, -0.2) is 46.7 Å². The van der Waals surface area contributed by atoms with E-state index in [4.69, 9.17) is 14.3 Å². The molecular weight excluding hydrogens is 393 g/mol. The molecule has 0 heterocycles. The molecule has 0 fully saturated rings. The van der Waals surface area contributed by atoms with Crippen LogP contribution in [0.15, 0.2) is 0 Å². The number of alkyl halides is 1. The molecule has 1 unspecified atom stereocenters. The van der Waals surface area contributed by atoms with Crippen LogP contribution in [0.5, 0.6) is 0 Å². The Bertz CT molecular complexity index is 400. The minimum atomic E-state index is -1.21. The van der Waals surface area contributed by atoms with Gasteiger partial charge in [-0.1, -0.05) is 15.9 Å². The standard InChI is InChI=1S/C16H31BrN3O3P/c1-13(2)20(14(3)4)24(22-11-7-9-18)23-12-8-10-19-15(21)16(5,6)17/h13-14H,7-8,10-12H2,1-6H3,(H,19,21). The molecule has 0 aliphatic heterocycles. The third kappa shape index (κ3) is 9.90. The maximum absolute atomic E-state index is 11.8. The first kappa shape index (κ1) is 23.8. The first-order valence-corrected chi connectivity index (χ1v) is 10.2. The molecule has 1 N–H and O–H groups in total. The lowest BCUT2D eigenvalue weighted by Crippen LogP contribution is -2.38. The minimum Gasteiger partial charge on any atom is -0.355 e. The molecule has 0 aromatic rings. The molecule has 0 aliphatic carbocycles. The number of halogens is 1. The second kappa shape index (κ2) is 12.2. The van der Waals surface area contributed by atoms with E-state index in [1.807, 2.05) is 13.8 Å². The Labute approximate surface area is 156 Å². The van der Waals surface area contributed by atoms with Gasteiger partial charge in [0.05, 0.1) is 30.0 Å². The van der Waals surface area contributed by atoms with E-state index in [-0.39, 0.29) is 18.0 Å². The molecule has 0 rings (SSSR count). The zero-order valence-electron chi connectivity index (χ0n) is 15.6. The van der Waals surface area contributed by atoms with E-state index in [2.05, 4.69) is 59.7 Å². The van der Waals surface area contributed by atoms with Crippen molar-refractivity contribution in [3.63, 3.8) is 0 Å². The second-order valence-corrected chi connectivity index (χ2v) is 9.90. The molecule has 0 spiro atoms. The van der Waals surface area contributed by atoms with Crippen LogP contribution in [0.3, 0.4) is 0 Å². The van der Waals surface area contributed by atoms with E-state index in [1.54, 1.807) is 0 Å². The van der Waals surface area contributed by atoms with Crippen molar-refractivity contribution in [3.05, 3.63) is 0 Å². The molecule has 8 heteroatoms. The summed E-state index contributed by atoms with van der Waals surface area (Å²) in [6, 6.07) is 2.65. The van der Waals surface area contributed by atoms with Gasteiger partial charge >= 0.3 is 0 Å². The Hall–Kier alpha value is -0.250. The van der Waals surface area contributed by atoms with Gasteiger partial charge in [0.25, 0.3) is 8.53 Å². The summed E-state index contributed by atoms with van der Waals surface area (Å²) in [6.45, 7) is 13.4. The Kier molecular flexibility index (Phi) is 12.0. The second-order valence-electron chi connectivity index (χ2n) is 6.46. The molecular formula is C16H31BrN3O3P. The number of carbonyl (C=O) groups excluding carboxylic acids is 1. The maximum Gasteiger partial charge on any atom is 0.259 e. The molecule has 0 radical (unpaired) electrons. The van der Waals surface area contributed by atoms with Gasteiger partial charge in [0.15, 0.2) is 0 Å². The molecule has 1 amide bonds. The molecule has 1 atom stereocenters. The third-order valence-electron chi connectivity index (χ3n) is 3.01. The summed E-state index contributed by atoms with van der Waals surface area (Å²) < 4.78 is 13.4. The molecule has 140 valence electrons. The van der Waals surface area contributed by atoms with Crippen LogP contribution in [0.4, 0.5) is 0 Å². The van der Waals surface area contributed by atoms with Crippen molar-refractivity contribution in [1.29, 1.82) is 5.26 Å². The number of hydrogen-bond donors (Lipinski definition) is 1. The van der Waals surface area contributed by atoms with Crippen LogP contribution in [0.25, 0.3) is 0 Å². The number of amides is 1. The van der Waals surface area contributed by atoms with Gasteiger partial charge in [0, 0.05) is 18.6 Å². The lowest BCUT2D eigenvalue weighted by atomic mass is 10.2. The van der Waals surface area contributed by atoms with E-state index in [0.29, 0.717) is 32.6 Å². The SMILES string of the molecule is CC(C)N(C(C)C)P(OCCC#N)OCCCNC(=O)C(C)(C)Br. The van der Waals surface area contributed by atoms with E-state index < -0.39 is 12.9 Å². The highest BCUT2D eigenvalue weighted by Crippen LogP contribution is 2.45. The molecule has 24 heavy (non-hydrogen) atoms. The highest BCUT2D eigenvalue weighted by Gasteiger charge is 2.27. The Morgan fingerprint density at radius 3 is 2.25 bits per heavy atom. The van der Waals surface area contributed by atoms with Crippen molar-refractivity contribution in [2.75, 3.05) is 19.8 Å². The van der Waals surface area contributed by atoms with Crippen LogP contribution >= 0.6 is 24.5 Å². The third-order valence-corrected chi connectivity index (χ3v) is 5.48. The zero-order valence-corrected chi connectivity index (χ0v) is 18.1. The van der Waals surface area contributed by atoms with E-state index in [9.17, 15) is 4.79 Å². The van der Waals surface area contributed by atoms with Crippen LogP contribution in [0, 0.1) is 11.3 Å². The first-order chi connectivity index (χ1) is 11.1. The number of nitrogens with one attached hydrogen (secondary N) is 1. The van der Waals surface area contributed by atoms with E-state index >= 15 is 0 Å². The number of nitriles is 1. The Morgan fingerprint density at radius 1 is 1.25 bits per heavy atom. The van der Waals surface area contributed by atoms with Gasteiger partial charge in [-0.15, -0.1) is 0 Å². The van der Waals surface area contributed by atoms with Gasteiger partial charge in [-0.2, -0.15) is 5.26 Å². The maximum atomic E-state index is 11.8. The lowest BCUT2D eigenvalue weighted by Gasteiger charge is -2.35. The highest BCUT2D eigenvalue weighted by atomic mass is 79.9. The number of nitrogens with zero attached hydrogens (tertiary/aromatic N) is 2. The van der Waals surface area contributed by atoms with Crippen molar-refractivity contribution in [2.24, 2.45) is 0 Å². The summed E-state index contributed by atoms with van der Waals surface area (Å²) >= 11 is 3.33. The Balaban J connectivity index is 4.41. The summed E-state index contributed by atoms with van der Waals surface area (Å²) in [5.41, 5.74) is 0. The predicted molar refractivity (Wildman–Crippen MR) is 102 cm³/mol. The average molecular weight is 424 g/mol. The summed E-state index contributed by atoms with van der Waals surface area (Å²) in [6.07, 6.45) is 1.06.